The number of carbonyl (C=O) groups excluding carboxylic acids is 2. The minimum Gasteiger partial charge on any atom is -0.490 e. The predicted molar refractivity (Wildman–Crippen MR) is 118 cm³/mol. The van der Waals surface area contributed by atoms with Crippen LogP contribution in [0.3, 0.4) is 0 Å². The molecular formula is C24H20F2N4O4. The van der Waals surface area contributed by atoms with E-state index < -0.39 is 17.7 Å². The third-order valence-electron chi connectivity index (χ3n) is 5.87. The van der Waals surface area contributed by atoms with E-state index in [0.717, 1.165) is 12.1 Å². The summed E-state index contributed by atoms with van der Waals surface area (Å²) < 4.78 is 39.2. The van der Waals surface area contributed by atoms with Gasteiger partial charge in [0.25, 0.3) is 5.91 Å². The molecule has 0 unspecified atom stereocenters. The van der Waals surface area contributed by atoms with Crippen LogP contribution in [0.5, 0.6) is 17.2 Å². The van der Waals surface area contributed by atoms with Crippen molar-refractivity contribution in [3.63, 3.8) is 0 Å². The number of halogens is 2. The monoisotopic (exact) mass is 466 g/mol. The molecule has 174 valence electrons. The van der Waals surface area contributed by atoms with Gasteiger partial charge in [0.1, 0.15) is 23.1 Å². The maximum Gasteiger partial charge on any atom is 0.320 e. The number of amides is 3. The molecule has 1 saturated carbocycles. The summed E-state index contributed by atoms with van der Waals surface area (Å²) in [7, 11) is 1.56. The lowest BCUT2D eigenvalue weighted by Crippen LogP contribution is -2.32. The maximum atomic E-state index is 14.2. The number of hydrogen-bond acceptors (Lipinski definition) is 5. The van der Waals surface area contributed by atoms with Gasteiger partial charge in [-0.15, -0.1) is 0 Å². The second-order valence-electron chi connectivity index (χ2n) is 7.98. The first-order chi connectivity index (χ1) is 16.4. The summed E-state index contributed by atoms with van der Waals surface area (Å²) in [5.41, 5.74) is 0.682. The number of aromatic nitrogens is 1. The van der Waals surface area contributed by atoms with E-state index in [1.54, 1.807) is 43.4 Å². The molecule has 1 fully saturated rings. The maximum absolute atomic E-state index is 14.2. The average molecular weight is 466 g/mol. The van der Waals surface area contributed by atoms with Gasteiger partial charge in [-0.05, 0) is 48.5 Å². The Kier molecular flexibility index (Phi) is 5.48. The van der Waals surface area contributed by atoms with Gasteiger partial charge in [0, 0.05) is 36.1 Å². The van der Waals surface area contributed by atoms with Crippen LogP contribution in [-0.4, -0.2) is 36.6 Å². The van der Waals surface area contributed by atoms with Crippen molar-refractivity contribution >= 4 is 17.8 Å². The summed E-state index contributed by atoms with van der Waals surface area (Å²) in [6.07, 6.45) is 1.45. The Labute approximate surface area is 193 Å². The quantitative estimate of drug-likeness (QED) is 0.531. The lowest BCUT2D eigenvalue weighted by Gasteiger charge is -2.16. The first-order valence-electron chi connectivity index (χ1n) is 10.6. The average Bonchev–Trinajstić information content (AvgIpc) is 3.54. The molecule has 3 amide bonds. The number of anilines is 1. The number of fused-ring (bicyclic) bond motifs is 3. The smallest absolute Gasteiger partial charge is 0.320 e. The molecule has 34 heavy (non-hydrogen) atoms. The molecule has 3 atom stereocenters. The molecule has 0 spiro atoms. The highest BCUT2D eigenvalue weighted by Crippen LogP contribution is 2.55. The number of rotatable bonds is 5. The van der Waals surface area contributed by atoms with E-state index in [2.05, 4.69) is 20.9 Å². The second-order valence-corrected chi connectivity index (χ2v) is 7.98. The fourth-order valence-corrected chi connectivity index (χ4v) is 4.13. The Morgan fingerprint density at radius 1 is 1.03 bits per heavy atom. The van der Waals surface area contributed by atoms with Crippen molar-refractivity contribution in [1.29, 1.82) is 0 Å². The zero-order valence-electron chi connectivity index (χ0n) is 18.0. The number of benzene rings is 2. The van der Waals surface area contributed by atoms with Crippen molar-refractivity contribution < 1.29 is 27.8 Å². The standard InChI is InChI=1S/C24H20F2N4O4/c1-27-23(31)12-2-4-13(5-3-12)34-14-6-9-18(28-10-14)29-24(32)30-21-15-11-33-22-17(26)8-7-16(25)20(22)19(15)21/h2-10,15,19,21H,11H2,1H3,(H,27,31)(H2,28,29,30,32)/t15-,19-,21-/m1/s1. The van der Waals surface area contributed by atoms with Crippen molar-refractivity contribution in [2.75, 3.05) is 19.0 Å². The first-order valence-corrected chi connectivity index (χ1v) is 10.6. The summed E-state index contributed by atoms with van der Waals surface area (Å²) in [6, 6.07) is 11.0. The molecule has 10 heteroatoms. The normalized spacial score (nSPS) is 19.7. The zero-order chi connectivity index (χ0) is 23.8. The van der Waals surface area contributed by atoms with Crippen LogP contribution in [0.1, 0.15) is 21.8 Å². The fraction of sp³-hybridized carbons (Fsp3) is 0.208. The molecule has 3 aromatic rings. The van der Waals surface area contributed by atoms with E-state index >= 15 is 0 Å². The molecule has 8 nitrogen and oxygen atoms in total. The molecule has 2 aliphatic rings. The highest BCUT2D eigenvalue weighted by molar-refractivity contribution is 5.94. The number of pyridine rings is 1. The van der Waals surface area contributed by atoms with Gasteiger partial charge in [-0.2, -0.15) is 0 Å². The molecule has 0 bridgehead atoms. The third-order valence-corrected chi connectivity index (χ3v) is 5.87. The lowest BCUT2D eigenvalue weighted by molar-refractivity contribution is 0.0963. The van der Waals surface area contributed by atoms with E-state index in [4.69, 9.17) is 9.47 Å². The lowest BCUT2D eigenvalue weighted by atomic mass is 10.0. The first kappa shape index (κ1) is 21.6. The van der Waals surface area contributed by atoms with Gasteiger partial charge in [-0.25, -0.2) is 18.6 Å². The van der Waals surface area contributed by atoms with Gasteiger partial charge in [-0.3, -0.25) is 10.1 Å². The van der Waals surface area contributed by atoms with Gasteiger partial charge in [0.2, 0.25) is 0 Å². The molecule has 1 aliphatic heterocycles. The second kappa shape index (κ2) is 8.62. The fourth-order valence-electron chi connectivity index (χ4n) is 4.13. The number of ether oxygens (including phenoxy) is 2. The van der Waals surface area contributed by atoms with E-state index in [9.17, 15) is 18.4 Å². The van der Waals surface area contributed by atoms with Crippen molar-refractivity contribution in [2.45, 2.75) is 12.0 Å². The van der Waals surface area contributed by atoms with Crippen LogP contribution >= 0.6 is 0 Å². The molecule has 5 rings (SSSR count). The van der Waals surface area contributed by atoms with E-state index in [1.807, 2.05) is 0 Å². The predicted octanol–water partition coefficient (Wildman–Crippen LogP) is 3.81. The highest BCUT2D eigenvalue weighted by atomic mass is 19.1. The topological polar surface area (TPSA) is 102 Å². The summed E-state index contributed by atoms with van der Waals surface area (Å²) in [5, 5.41) is 7.95. The minimum absolute atomic E-state index is 0.0773. The minimum atomic E-state index is -0.612. The number of urea groups is 1. The van der Waals surface area contributed by atoms with Crippen molar-refractivity contribution in [3.8, 4) is 17.2 Å². The molecule has 2 heterocycles. The Morgan fingerprint density at radius 2 is 1.76 bits per heavy atom. The van der Waals surface area contributed by atoms with Gasteiger partial charge in [0.15, 0.2) is 11.6 Å². The highest BCUT2D eigenvalue weighted by Gasteiger charge is 2.57. The van der Waals surface area contributed by atoms with Gasteiger partial charge in [-0.1, -0.05) is 0 Å². The Hall–Kier alpha value is -4.21. The zero-order valence-corrected chi connectivity index (χ0v) is 18.0. The number of carbonyl (C=O) groups is 2. The van der Waals surface area contributed by atoms with Crippen LogP contribution in [0.2, 0.25) is 0 Å². The van der Waals surface area contributed by atoms with Crippen molar-refractivity contribution in [2.24, 2.45) is 5.92 Å². The summed E-state index contributed by atoms with van der Waals surface area (Å²) in [4.78, 5) is 28.2. The van der Waals surface area contributed by atoms with Gasteiger partial charge < -0.3 is 20.1 Å². The Morgan fingerprint density at radius 3 is 2.47 bits per heavy atom. The molecule has 0 radical (unpaired) electrons. The van der Waals surface area contributed by atoms with Gasteiger partial charge in [0.05, 0.1) is 12.8 Å². The molecule has 3 N–H and O–H groups in total. The number of nitrogens with zero attached hydrogens (tertiary/aromatic N) is 1. The molecule has 1 aromatic heterocycles. The third kappa shape index (κ3) is 4.09. The molecule has 1 aliphatic carbocycles. The Balaban J connectivity index is 1.17. The molecule has 0 saturated heterocycles. The van der Waals surface area contributed by atoms with E-state index in [1.165, 1.54) is 6.20 Å². The van der Waals surface area contributed by atoms with Crippen LogP contribution in [0.4, 0.5) is 19.4 Å². The Bertz CT molecular complexity index is 1250. The SMILES string of the molecule is CNC(=O)c1ccc(Oc2ccc(NC(=O)N[C@@H]3[C@@H]4COc5c(F)ccc(F)c5[C@@H]43)nc2)cc1. The molecule has 2 aromatic carbocycles. The van der Waals surface area contributed by atoms with Gasteiger partial charge >= 0.3 is 6.03 Å². The molecular weight excluding hydrogens is 446 g/mol. The van der Waals surface area contributed by atoms with Crippen molar-refractivity contribution in [1.82, 2.24) is 15.6 Å². The van der Waals surface area contributed by atoms with E-state index in [0.29, 0.717) is 17.1 Å². The number of nitrogens with one attached hydrogen (secondary N) is 3. The largest absolute Gasteiger partial charge is 0.490 e. The van der Waals surface area contributed by atoms with Crippen LogP contribution in [0.25, 0.3) is 0 Å². The van der Waals surface area contributed by atoms with Crippen LogP contribution < -0.4 is 25.4 Å². The van der Waals surface area contributed by atoms with Crippen LogP contribution in [0, 0.1) is 17.6 Å². The summed E-state index contributed by atoms with van der Waals surface area (Å²) in [5.74, 6) is -0.620. The van der Waals surface area contributed by atoms with Crippen LogP contribution in [0.15, 0.2) is 54.7 Å². The van der Waals surface area contributed by atoms with Crippen LogP contribution in [-0.2, 0) is 0 Å². The number of hydrogen-bond donors (Lipinski definition) is 3. The summed E-state index contributed by atoms with van der Waals surface area (Å²) in [6.45, 7) is 0.206. The van der Waals surface area contributed by atoms with Crippen molar-refractivity contribution in [3.05, 3.63) is 77.5 Å². The summed E-state index contributed by atoms with van der Waals surface area (Å²) >= 11 is 0. The van der Waals surface area contributed by atoms with E-state index in [-0.39, 0.29) is 47.5 Å².